The Balaban J connectivity index is 2.32. The fourth-order valence-corrected chi connectivity index (χ4v) is 5.28. The first-order valence-electron chi connectivity index (χ1n) is 6.40. The van der Waals surface area contributed by atoms with Crippen molar-refractivity contribution in [3.05, 3.63) is 46.7 Å². The maximum atomic E-state index is 11.5. The van der Waals surface area contributed by atoms with E-state index in [-0.39, 0.29) is 0 Å². The van der Waals surface area contributed by atoms with Crippen LogP contribution in [0.4, 0.5) is 0 Å². The SMILES string of the molecule is O=Cc1sc2cccc3c4csc5cccc(c1c23)c54. The Bertz CT molecular complexity index is 1110. The molecule has 0 radical (unpaired) electrons. The quantitative estimate of drug-likeness (QED) is 0.287. The lowest BCUT2D eigenvalue weighted by Gasteiger charge is -2.05. The zero-order chi connectivity index (χ0) is 13.3. The van der Waals surface area contributed by atoms with Crippen molar-refractivity contribution in [2.75, 3.05) is 0 Å². The van der Waals surface area contributed by atoms with Gasteiger partial charge in [0.1, 0.15) is 0 Å². The summed E-state index contributed by atoms with van der Waals surface area (Å²) in [5.74, 6) is 0. The van der Waals surface area contributed by atoms with E-state index < -0.39 is 0 Å². The Hall–Kier alpha value is -1.97. The summed E-state index contributed by atoms with van der Waals surface area (Å²) in [4.78, 5) is 12.3. The number of carbonyl (C=O) groups is 1. The van der Waals surface area contributed by atoms with Gasteiger partial charge in [0.2, 0.25) is 0 Å². The molecule has 20 heavy (non-hydrogen) atoms. The summed E-state index contributed by atoms with van der Waals surface area (Å²) in [5, 5.41) is 9.72. The standard InChI is InChI=1S/C17H8OS2/c18-7-14-17-10-4-2-5-12-15(10)11(8-19-12)9-3-1-6-13(20-14)16(9)17/h1-8H. The van der Waals surface area contributed by atoms with Crippen LogP contribution >= 0.6 is 22.7 Å². The maximum Gasteiger partial charge on any atom is 0.160 e. The number of rotatable bonds is 1. The van der Waals surface area contributed by atoms with Crippen molar-refractivity contribution >= 4 is 70.7 Å². The largest absolute Gasteiger partial charge is 0.297 e. The highest BCUT2D eigenvalue weighted by atomic mass is 32.1. The molecule has 94 valence electrons. The van der Waals surface area contributed by atoms with Gasteiger partial charge in [0.25, 0.3) is 0 Å². The monoisotopic (exact) mass is 292 g/mol. The van der Waals surface area contributed by atoms with Crippen LogP contribution in [0.25, 0.3) is 41.7 Å². The molecule has 0 saturated heterocycles. The number of fused-ring (bicyclic) bond motifs is 2. The molecule has 0 aliphatic rings. The predicted octanol–water partition coefficient (Wildman–Crippen LogP) is 5.67. The second kappa shape index (κ2) is 3.57. The number of hydrogen-bond acceptors (Lipinski definition) is 3. The van der Waals surface area contributed by atoms with E-state index in [0.717, 1.165) is 16.5 Å². The molecule has 0 aliphatic carbocycles. The number of aldehydes is 1. The van der Waals surface area contributed by atoms with Crippen LogP contribution in [-0.2, 0) is 0 Å². The van der Waals surface area contributed by atoms with E-state index in [1.807, 2.05) is 0 Å². The Morgan fingerprint density at radius 1 is 0.800 bits per heavy atom. The molecule has 0 aliphatic heterocycles. The van der Waals surface area contributed by atoms with E-state index in [1.165, 1.54) is 36.3 Å². The molecule has 5 rings (SSSR count). The van der Waals surface area contributed by atoms with E-state index in [0.29, 0.717) is 0 Å². The van der Waals surface area contributed by atoms with Gasteiger partial charge in [-0.05, 0) is 28.3 Å². The molecular weight excluding hydrogens is 284 g/mol. The van der Waals surface area contributed by atoms with Crippen molar-refractivity contribution in [2.45, 2.75) is 0 Å². The van der Waals surface area contributed by atoms with Crippen LogP contribution in [-0.4, -0.2) is 6.29 Å². The fourth-order valence-electron chi connectivity index (χ4n) is 3.24. The predicted molar refractivity (Wildman–Crippen MR) is 88.8 cm³/mol. The van der Waals surface area contributed by atoms with Crippen molar-refractivity contribution in [2.24, 2.45) is 0 Å². The molecule has 0 saturated carbocycles. The lowest BCUT2D eigenvalue weighted by atomic mass is 9.96. The molecule has 0 spiro atoms. The van der Waals surface area contributed by atoms with Gasteiger partial charge in [0, 0.05) is 30.9 Å². The Morgan fingerprint density at radius 2 is 1.60 bits per heavy atom. The van der Waals surface area contributed by atoms with Crippen molar-refractivity contribution in [3.63, 3.8) is 0 Å². The van der Waals surface area contributed by atoms with Gasteiger partial charge in [-0.1, -0.05) is 24.3 Å². The zero-order valence-electron chi connectivity index (χ0n) is 10.3. The normalized spacial score (nSPS) is 12.2. The van der Waals surface area contributed by atoms with E-state index in [4.69, 9.17) is 0 Å². The average molecular weight is 292 g/mol. The minimum atomic E-state index is 0.844. The number of hydrogen-bond donors (Lipinski definition) is 0. The van der Waals surface area contributed by atoms with E-state index in [2.05, 4.69) is 41.8 Å². The smallest absolute Gasteiger partial charge is 0.160 e. The Morgan fingerprint density at radius 3 is 2.45 bits per heavy atom. The molecule has 0 bridgehead atoms. The van der Waals surface area contributed by atoms with Gasteiger partial charge in [0.05, 0.1) is 4.88 Å². The van der Waals surface area contributed by atoms with Crippen LogP contribution in [0.2, 0.25) is 0 Å². The van der Waals surface area contributed by atoms with Crippen molar-refractivity contribution in [1.82, 2.24) is 0 Å². The number of thiophene rings is 2. The van der Waals surface area contributed by atoms with Gasteiger partial charge in [-0.15, -0.1) is 22.7 Å². The van der Waals surface area contributed by atoms with E-state index >= 15 is 0 Å². The van der Waals surface area contributed by atoms with Crippen LogP contribution in [0.5, 0.6) is 0 Å². The molecule has 0 N–H and O–H groups in total. The molecule has 0 amide bonds. The van der Waals surface area contributed by atoms with Gasteiger partial charge in [-0.2, -0.15) is 0 Å². The molecule has 5 aromatic rings. The Kier molecular flexibility index (Phi) is 1.92. The highest BCUT2D eigenvalue weighted by Gasteiger charge is 2.18. The third kappa shape index (κ3) is 1.11. The summed E-state index contributed by atoms with van der Waals surface area (Å²) in [7, 11) is 0. The van der Waals surface area contributed by atoms with Crippen molar-refractivity contribution in [1.29, 1.82) is 0 Å². The number of carbonyl (C=O) groups excluding carboxylic acids is 1. The van der Waals surface area contributed by atoms with Crippen molar-refractivity contribution < 1.29 is 4.79 Å². The fraction of sp³-hybridized carbons (Fsp3) is 0. The molecule has 0 unspecified atom stereocenters. The van der Waals surface area contributed by atoms with Crippen molar-refractivity contribution in [3.8, 4) is 0 Å². The summed E-state index contributed by atoms with van der Waals surface area (Å²) in [6, 6.07) is 12.8. The van der Waals surface area contributed by atoms with Gasteiger partial charge < -0.3 is 0 Å². The van der Waals surface area contributed by atoms with E-state index in [1.54, 1.807) is 22.7 Å². The molecule has 1 nitrogen and oxygen atoms in total. The van der Waals surface area contributed by atoms with E-state index in [9.17, 15) is 4.79 Å². The van der Waals surface area contributed by atoms with Crippen LogP contribution < -0.4 is 0 Å². The highest BCUT2D eigenvalue weighted by molar-refractivity contribution is 7.22. The molecule has 2 aromatic heterocycles. The lowest BCUT2D eigenvalue weighted by molar-refractivity contribution is 0.112. The summed E-state index contributed by atoms with van der Waals surface area (Å²) in [6.07, 6.45) is 1.000. The number of benzene rings is 3. The lowest BCUT2D eigenvalue weighted by Crippen LogP contribution is -1.81. The topological polar surface area (TPSA) is 17.1 Å². The van der Waals surface area contributed by atoms with Crippen LogP contribution in [0.3, 0.4) is 0 Å². The summed E-state index contributed by atoms with van der Waals surface area (Å²) < 4.78 is 2.50. The third-order valence-corrected chi connectivity index (χ3v) is 6.04. The maximum absolute atomic E-state index is 11.5. The minimum absolute atomic E-state index is 0.844. The molecule has 3 aromatic carbocycles. The Labute approximate surface area is 122 Å². The van der Waals surface area contributed by atoms with Crippen LogP contribution in [0, 0.1) is 0 Å². The van der Waals surface area contributed by atoms with Crippen LogP contribution in [0.1, 0.15) is 9.67 Å². The average Bonchev–Trinajstić information content (AvgIpc) is 3.07. The first-order chi connectivity index (χ1) is 9.88. The van der Waals surface area contributed by atoms with Gasteiger partial charge in [0.15, 0.2) is 6.29 Å². The first kappa shape index (κ1) is 10.8. The third-order valence-electron chi connectivity index (χ3n) is 4.01. The molecule has 0 fully saturated rings. The minimum Gasteiger partial charge on any atom is -0.297 e. The summed E-state index contributed by atoms with van der Waals surface area (Å²) in [6.45, 7) is 0. The molecule has 3 heteroatoms. The van der Waals surface area contributed by atoms with Gasteiger partial charge in [-0.25, -0.2) is 0 Å². The van der Waals surface area contributed by atoms with Gasteiger partial charge >= 0.3 is 0 Å². The summed E-state index contributed by atoms with van der Waals surface area (Å²) in [5.41, 5.74) is 0. The second-order valence-corrected chi connectivity index (χ2v) is 6.96. The second-order valence-electron chi connectivity index (χ2n) is 4.97. The van der Waals surface area contributed by atoms with Crippen LogP contribution in [0.15, 0.2) is 41.8 Å². The highest BCUT2D eigenvalue weighted by Crippen LogP contribution is 2.46. The molecule has 2 heterocycles. The zero-order valence-corrected chi connectivity index (χ0v) is 12.0. The molecular formula is C17H8OS2. The molecule has 0 atom stereocenters. The first-order valence-corrected chi connectivity index (χ1v) is 8.10. The summed E-state index contributed by atoms with van der Waals surface area (Å²) >= 11 is 3.38. The van der Waals surface area contributed by atoms with Gasteiger partial charge in [-0.3, -0.25) is 4.79 Å².